The monoisotopic (exact) mass is 439 g/mol. The summed E-state index contributed by atoms with van der Waals surface area (Å²) in [5.74, 6) is 2.84. The topological polar surface area (TPSA) is 48.0 Å². The summed E-state index contributed by atoms with van der Waals surface area (Å²) in [4.78, 5) is 16.1. The highest BCUT2D eigenvalue weighted by molar-refractivity contribution is 5.84. The molecule has 1 aliphatic rings. The van der Waals surface area contributed by atoms with E-state index in [2.05, 4.69) is 30.9 Å². The molecular formula is C27H37NO4. The van der Waals surface area contributed by atoms with Crippen LogP contribution >= 0.6 is 0 Å². The van der Waals surface area contributed by atoms with Crippen molar-refractivity contribution in [2.75, 3.05) is 34.4 Å². The Kier molecular flexibility index (Phi) is 7.37. The normalized spacial score (nSPS) is 19.9. The van der Waals surface area contributed by atoms with E-state index in [1.165, 1.54) is 0 Å². The van der Waals surface area contributed by atoms with Crippen LogP contribution in [-0.2, 0) is 4.79 Å². The quantitative estimate of drug-likeness (QED) is 0.582. The van der Waals surface area contributed by atoms with Crippen molar-refractivity contribution in [3.63, 3.8) is 0 Å². The Balaban J connectivity index is 2.17. The maximum atomic E-state index is 14.0. The Morgan fingerprint density at radius 2 is 1.47 bits per heavy atom. The van der Waals surface area contributed by atoms with Gasteiger partial charge in [0.2, 0.25) is 5.91 Å². The Labute approximate surface area is 192 Å². The van der Waals surface area contributed by atoms with Crippen molar-refractivity contribution in [1.29, 1.82) is 0 Å². The predicted octanol–water partition coefficient (Wildman–Crippen LogP) is 5.38. The second kappa shape index (κ2) is 9.85. The summed E-state index contributed by atoms with van der Waals surface area (Å²) in [6.07, 6.45) is 1.16. The van der Waals surface area contributed by atoms with Gasteiger partial charge in [-0.05, 0) is 23.8 Å². The Bertz CT molecular complexity index is 890. The number of hydrogen-bond acceptors (Lipinski definition) is 4. The van der Waals surface area contributed by atoms with Crippen molar-refractivity contribution in [3.8, 4) is 17.2 Å². The van der Waals surface area contributed by atoms with Crippen molar-refractivity contribution in [3.05, 3.63) is 53.6 Å². The Morgan fingerprint density at radius 1 is 0.938 bits per heavy atom. The number of piperidine rings is 1. The SMILES string of the molecule is COc1cc(OC)c(C(c2ccccc2)C(C)(C)C(=O)N2CC(C)CC(C)C2)c(OC)c1. The van der Waals surface area contributed by atoms with Gasteiger partial charge in [-0.1, -0.05) is 58.0 Å². The van der Waals surface area contributed by atoms with E-state index in [9.17, 15) is 4.79 Å². The number of benzene rings is 2. The second-order valence-electron chi connectivity index (χ2n) is 9.67. The minimum absolute atomic E-state index is 0.157. The molecule has 5 nitrogen and oxygen atoms in total. The van der Waals surface area contributed by atoms with Crippen molar-refractivity contribution in [2.24, 2.45) is 17.3 Å². The molecule has 5 heteroatoms. The zero-order valence-corrected chi connectivity index (χ0v) is 20.5. The molecule has 2 aromatic rings. The van der Waals surface area contributed by atoms with Gasteiger partial charge in [0.25, 0.3) is 0 Å². The molecule has 1 amide bonds. The fraction of sp³-hybridized carbons (Fsp3) is 0.519. The average molecular weight is 440 g/mol. The summed E-state index contributed by atoms with van der Waals surface area (Å²) < 4.78 is 17.1. The van der Waals surface area contributed by atoms with Crippen LogP contribution in [0.2, 0.25) is 0 Å². The smallest absolute Gasteiger partial charge is 0.229 e. The summed E-state index contributed by atoms with van der Waals surface area (Å²) in [5, 5.41) is 0. The van der Waals surface area contributed by atoms with Crippen LogP contribution < -0.4 is 14.2 Å². The van der Waals surface area contributed by atoms with Gasteiger partial charge in [-0.15, -0.1) is 0 Å². The second-order valence-corrected chi connectivity index (χ2v) is 9.67. The molecule has 0 N–H and O–H groups in total. The van der Waals surface area contributed by atoms with Crippen LogP contribution in [-0.4, -0.2) is 45.2 Å². The van der Waals surface area contributed by atoms with Gasteiger partial charge in [-0.2, -0.15) is 0 Å². The molecule has 32 heavy (non-hydrogen) atoms. The highest BCUT2D eigenvalue weighted by atomic mass is 16.5. The molecule has 1 fully saturated rings. The maximum Gasteiger partial charge on any atom is 0.229 e. The largest absolute Gasteiger partial charge is 0.496 e. The van der Waals surface area contributed by atoms with Gasteiger partial charge in [-0.25, -0.2) is 0 Å². The highest BCUT2D eigenvalue weighted by Crippen LogP contribution is 2.50. The van der Waals surface area contributed by atoms with Crippen LogP contribution in [0.3, 0.4) is 0 Å². The lowest BCUT2D eigenvalue weighted by Crippen LogP contribution is -2.50. The zero-order chi connectivity index (χ0) is 23.5. The van der Waals surface area contributed by atoms with E-state index >= 15 is 0 Å². The highest BCUT2D eigenvalue weighted by Gasteiger charge is 2.45. The number of methoxy groups -OCH3 is 3. The third-order valence-corrected chi connectivity index (χ3v) is 6.60. The summed E-state index contributed by atoms with van der Waals surface area (Å²) >= 11 is 0. The number of hydrogen-bond donors (Lipinski definition) is 0. The number of ether oxygens (including phenoxy) is 3. The third kappa shape index (κ3) is 4.72. The van der Waals surface area contributed by atoms with E-state index in [0.717, 1.165) is 30.6 Å². The van der Waals surface area contributed by atoms with E-state index in [1.807, 2.05) is 44.2 Å². The molecule has 0 bridgehead atoms. The fourth-order valence-electron chi connectivity index (χ4n) is 5.27. The lowest BCUT2D eigenvalue weighted by atomic mass is 9.69. The van der Waals surface area contributed by atoms with Gasteiger partial charge in [0.05, 0.1) is 26.7 Å². The van der Waals surface area contributed by atoms with Gasteiger partial charge in [0.15, 0.2) is 0 Å². The molecule has 3 atom stereocenters. The van der Waals surface area contributed by atoms with Crippen LogP contribution in [0.15, 0.2) is 42.5 Å². The Hall–Kier alpha value is -2.69. The number of carbonyl (C=O) groups is 1. The standard InChI is InChI=1S/C27H37NO4/c1-18-13-19(2)17-28(16-18)26(29)27(3,4)25(20-11-9-8-10-12-20)24-22(31-6)14-21(30-5)15-23(24)32-7/h8-12,14-15,18-19,25H,13,16-17H2,1-7H3. The van der Waals surface area contributed by atoms with E-state index < -0.39 is 5.41 Å². The molecule has 0 saturated carbocycles. The van der Waals surface area contributed by atoms with Crippen LogP contribution in [0.1, 0.15) is 51.2 Å². The zero-order valence-electron chi connectivity index (χ0n) is 20.5. The maximum absolute atomic E-state index is 14.0. The van der Waals surface area contributed by atoms with Gasteiger partial charge >= 0.3 is 0 Å². The van der Waals surface area contributed by atoms with Crippen molar-refractivity contribution >= 4 is 5.91 Å². The fourth-order valence-corrected chi connectivity index (χ4v) is 5.27. The van der Waals surface area contributed by atoms with E-state index in [1.54, 1.807) is 21.3 Å². The first-order valence-electron chi connectivity index (χ1n) is 11.4. The molecule has 3 rings (SSSR count). The molecule has 2 aromatic carbocycles. The summed E-state index contributed by atoms with van der Waals surface area (Å²) in [6.45, 7) is 10.1. The van der Waals surface area contributed by atoms with Gasteiger partial charge in [-0.3, -0.25) is 4.79 Å². The van der Waals surface area contributed by atoms with E-state index in [0.29, 0.717) is 29.1 Å². The summed E-state index contributed by atoms with van der Waals surface area (Å²) in [7, 11) is 4.90. The lowest BCUT2D eigenvalue weighted by Gasteiger charge is -2.43. The van der Waals surface area contributed by atoms with Crippen molar-refractivity contribution < 1.29 is 19.0 Å². The Morgan fingerprint density at radius 3 is 1.94 bits per heavy atom. The molecule has 174 valence electrons. The first-order chi connectivity index (χ1) is 15.2. The summed E-state index contributed by atoms with van der Waals surface area (Å²) in [6, 6.07) is 13.9. The average Bonchev–Trinajstić information content (AvgIpc) is 2.78. The van der Waals surface area contributed by atoms with Crippen LogP contribution in [0.5, 0.6) is 17.2 Å². The molecule has 1 saturated heterocycles. The van der Waals surface area contributed by atoms with Crippen LogP contribution in [0.4, 0.5) is 0 Å². The van der Waals surface area contributed by atoms with Gasteiger partial charge in [0.1, 0.15) is 17.2 Å². The lowest BCUT2D eigenvalue weighted by molar-refractivity contribution is -0.144. The van der Waals surface area contributed by atoms with Crippen molar-refractivity contribution in [2.45, 2.75) is 40.0 Å². The number of likely N-dealkylation sites (tertiary alicyclic amines) is 1. The molecule has 0 spiro atoms. The minimum Gasteiger partial charge on any atom is -0.496 e. The minimum atomic E-state index is -0.729. The van der Waals surface area contributed by atoms with Gasteiger partial charge in [0, 0.05) is 36.7 Å². The molecule has 1 heterocycles. The molecule has 0 aliphatic carbocycles. The van der Waals surface area contributed by atoms with Gasteiger partial charge < -0.3 is 19.1 Å². The number of carbonyl (C=O) groups excluding carboxylic acids is 1. The molecule has 0 aromatic heterocycles. The first-order valence-corrected chi connectivity index (χ1v) is 11.4. The number of amides is 1. The number of rotatable bonds is 7. The number of nitrogens with zero attached hydrogens (tertiary/aromatic N) is 1. The van der Waals surface area contributed by atoms with Crippen molar-refractivity contribution in [1.82, 2.24) is 4.90 Å². The molecule has 1 aliphatic heterocycles. The third-order valence-electron chi connectivity index (χ3n) is 6.60. The molecule has 3 unspecified atom stereocenters. The predicted molar refractivity (Wildman–Crippen MR) is 128 cm³/mol. The van der Waals surface area contributed by atoms with Crippen LogP contribution in [0, 0.1) is 17.3 Å². The first kappa shape index (κ1) is 24.0. The molecule has 0 radical (unpaired) electrons. The van der Waals surface area contributed by atoms with E-state index in [-0.39, 0.29) is 11.8 Å². The summed E-state index contributed by atoms with van der Waals surface area (Å²) in [5.41, 5.74) is 1.18. The van der Waals surface area contributed by atoms with E-state index in [4.69, 9.17) is 14.2 Å². The van der Waals surface area contributed by atoms with Crippen LogP contribution in [0.25, 0.3) is 0 Å². The molecular weight excluding hydrogens is 402 g/mol.